The fourth-order valence-electron chi connectivity index (χ4n) is 6.50. The van der Waals surface area contributed by atoms with E-state index in [1.807, 2.05) is 0 Å². The minimum Gasteiger partial charge on any atom is -0.0619 e. The van der Waals surface area contributed by atoms with Crippen molar-refractivity contribution in [1.29, 1.82) is 0 Å². The molecule has 0 aliphatic heterocycles. The number of hydrogen-bond donors (Lipinski definition) is 0. The van der Waals surface area contributed by atoms with Crippen LogP contribution < -0.4 is 0 Å². The van der Waals surface area contributed by atoms with Crippen molar-refractivity contribution in [3.05, 3.63) is 156 Å². The predicted octanol–water partition coefficient (Wildman–Crippen LogP) is 9.97. The van der Waals surface area contributed by atoms with E-state index >= 15 is 0 Å². The second-order valence-electron chi connectivity index (χ2n) is 10.1. The summed E-state index contributed by atoms with van der Waals surface area (Å²) >= 11 is 0. The zero-order chi connectivity index (χ0) is 24.3. The Balaban J connectivity index is 1.33. The van der Waals surface area contributed by atoms with E-state index in [-0.39, 0.29) is 5.92 Å². The molecule has 0 unspecified atom stereocenters. The van der Waals surface area contributed by atoms with E-state index in [4.69, 9.17) is 0 Å². The van der Waals surface area contributed by atoms with Crippen molar-refractivity contribution >= 4 is 32.3 Å². The third-order valence-electron chi connectivity index (χ3n) is 8.13. The zero-order valence-corrected chi connectivity index (χ0v) is 20.4. The summed E-state index contributed by atoms with van der Waals surface area (Å²) in [5.41, 5.74) is 9.38. The van der Waals surface area contributed by atoms with E-state index in [1.165, 1.54) is 71.3 Å². The molecule has 0 saturated heterocycles. The molecule has 0 atom stereocenters. The Kier molecular flexibility index (Phi) is 4.39. The van der Waals surface area contributed by atoms with E-state index in [0.717, 1.165) is 0 Å². The Morgan fingerprint density at radius 3 is 1.43 bits per heavy atom. The van der Waals surface area contributed by atoms with Crippen LogP contribution in [-0.2, 0) is 0 Å². The summed E-state index contributed by atoms with van der Waals surface area (Å²) in [6.07, 6.45) is 0. The van der Waals surface area contributed by atoms with Crippen molar-refractivity contribution in [2.24, 2.45) is 0 Å². The first kappa shape index (κ1) is 20.5. The molecule has 8 rings (SSSR count). The Morgan fingerprint density at radius 2 is 0.811 bits per heavy atom. The van der Waals surface area contributed by atoms with Crippen molar-refractivity contribution in [2.45, 2.75) is 5.92 Å². The lowest BCUT2D eigenvalue weighted by Gasteiger charge is -2.16. The highest BCUT2D eigenvalue weighted by Gasteiger charge is 2.29. The van der Waals surface area contributed by atoms with Crippen LogP contribution in [0.4, 0.5) is 0 Å². The zero-order valence-electron chi connectivity index (χ0n) is 20.4. The van der Waals surface area contributed by atoms with Crippen LogP contribution in [0.2, 0.25) is 0 Å². The van der Waals surface area contributed by atoms with Crippen LogP contribution in [0.25, 0.3) is 54.6 Å². The topological polar surface area (TPSA) is 0 Å². The van der Waals surface area contributed by atoms with Crippen molar-refractivity contribution in [2.75, 3.05) is 0 Å². The molecule has 0 nitrogen and oxygen atoms in total. The predicted molar refractivity (Wildman–Crippen MR) is 157 cm³/mol. The van der Waals surface area contributed by atoms with Crippen LogP contribution in [0.3, 0.4) is 0 Å². The SMILES string of the molecule is c1cc(-c2ccc3c4ccccc4c4ccccc4c3c2)cc(C2c3ccccc3-c3ccccc32)c1. The van der Waals surface area contributed by atoms with Crippen molar-refractivity contribution in [3.8, 4) is 22.3 Å². The van der Waals surface area contributed by atoms with Gasteiger partial charge >= 0.3 is 0 Å². The lowest BCUT2D eigenvalue weighted by Crippen LogP contribution is -1.99. The average molecular weight is 469 g/mol. The molecule has 0 heteroatoms. The Hall–Kier alpha value is -4.68. The Labute approximate surface area is 216 Å². The van der Waals surface area contributed by atoms with Crippen LogP contribution in [0.5, 0.6) is 0 Å². The fourth-order valence-corrected chi connectivity index (χ4v) is 6.50. The van der Waals surface area contributed by atoms with Crippen molar-refractivity contribution in [1.82, 2.24) is 0 Å². The first-order valence-electron chi connectivity index (χ1n) is 13.0. The van der Waals surface area contributed by atoms with Gasteiger partial charge in [0, 0.05) is 5.92 Å². The largest absolute Gasteiger partial charge is 0.0619 e. The molecule has 0 heterocycles. The van der Waals surface area contributed by atoms with Gasteiger partial charge < -0.3 is 0 Å². The highest BCUT2D eigenvalue weighted by atomic mass is 14.3. The fraction of sp³-hybridized carbons (Fsp3) is 0.0270. The van der Waals surface area contributed by atoms with Gasteiger partial charge in [0.05, 0.1) is 0 Å². The second kappa shape index (κ2) is 7.91. The molecule has 0 saturated carbocycles. The summed E-state index contributed by atoms with van der Waals surface area (Å²) in [6, 6.07) is 51.5. The number of rotatable bonds is 2. The number of fused-ring (bicyclic) bond motifs is 9. The summed E-state index contributed by atoms with van der Waals surface area (Å²) in [5, 5.41) is 7.89. The molecule has 1 aliphatic rings. The van der Waals surface area contributed by atoms with Crippen LogP contribution in [0, 0.1) is 0 Å². The van der Waals surface area contributed by atoms with Gasteiger partial charge in [-0.1, -0.05) is 133 Å². The molecule has 0 N–H and O–H groups in total. The van der Waals surface area contributed by atoms with Gasteiger partial charge in [-0.15, -0.1) is 0 Å². The molecular weight excluding hydrogens is 444 g/mol. The standard InChI is InChI=1S/C37H24/c1-2-14-29-27(12-1)28-13-3-4-17-32(28)36-23-25(20-21-33(29)36)24-10-9-11-26(22-24)37-34-18-7-5-15-30(34)31-16-6-8-19-35(31)37/h1-23,37H. The summed E-state index contributed by atoms with van der Waals surface area (Å²) in [4.78, 5) is 0. The Bertz CT molecular complexity index is 1910. The average Bonchev–Trinajstić information content (AvgIpc) is 3.32. The summed E-state index contributed by atoms with van der Waals surface area (Å²) in [6.45, 7) is 0. The summed E-state index contributed by atoms with van der Waals surface area (Å²) in [7, 11) is 0. The van der Waals surface area contributed by atoms with Gasteiger partial charge in [-0.3, -0.25) is 0 Å². The van der Waals surface area contributed by atoms with Gasteiger partial charge in [0.25, 0.3) is 0 Å². The molecular formula is C37H24. The molecule has 0 aromatic heterocycles. The van der Waals surface area contributed by atoms with E-state index in [9.17, 15) is 0 Å². The van der Waals surface area contributed by atoms with Crippen LogP contribution in [0.1, 0.15) is 22.6 Å². The first-order valence-corrected chi connectivity index (χ1v) is 13.0. The van der Waals surface area contributed by atoms with Crippen molar-refractivity contribution < 1.29 is 0 Å². The van der Waals surface area contributed by atoms with Gasteiger partial charge in [0.15, 0.2) is 0 Å². The third kappa shape index (κ3) is 3.03. The molecule has 0 fully saturated rings. The highest BCUT2D eigenvalue weighted by Crippen LogP contribution is 2.48. The minimum absolute atomic E-state index is 0.262. The van der Waals surface area contributed by atoms with E-state index < -0.39 is 0 Å². The Morgan fingerprint density at radius 1 is 0.324 bits per heavy atom. The lowest BCUT2D eigenvalue weighted by atomic mass is 9.87. The molecule has 7 aromatic rings. The van der Waals surface area contributed by atoms with Crippen LogP contribution in [-0.4, -0.2) is 0 Å². The van der Waals surface area contributed by atoms with Crippen LogP contribution >= 0.6 is 0 Å². The molecule has 0 bridgehead atoms. The van der Waals surface area contributed by atoms with Gasteiger partial charge in [0.1, 0.15) is 0 Å². The summed E-state index contributed by atoms with van der Waals surface area (Å²) < 4.78 is 0. The normalized spacial score (nSPS) is 12.8. The minimum atomic E-state index is 0.262. The maximum Gasteiger partial charge on any atom is 0.0352 e. The molecule has 0 radical (unpaired) electrons. The van der Waals surface area contributed by atoms with Gasteiger partial charge in [0.2, 0.25) is 0 Å². The summed E-state index contributed by atoms with van der Waals surface area (Å²) in [5.74, 6) is 0.262. The first-order chi connectivity index (χ1) is 18.4. The lowest BCUT2D eigenvalue weighted by molar-refractivity contribution is 1.02. The maximum absolute atomic E-state index is 2.40. The van der Waals surface area contributed by atoms with E-state index in [2.05, 4.69) is 140 Å². The smallest absolute Gasteiger partial charge is 0.0352 e. The molecule has 172 valence electrons. The molecule has 0 amide bonds. The van der Waals surface area contributed by atoms with Gasteiger partial charge in [-0.25, -0.2) is 0 Å². The maximum atomic E-state index is 2.40. The monoisotopic (exact) mass is 468 g/mol. The number of benzene rings is 7. The molecule has 0 spiro atoms. The van der Waals surface area contributed by atoms with Crippen LogP contribution in [0.15, 0.2) is 140 Å². The molecule has 37 heavy (non-hydrogen) atoms. The van der Waals surface area contributed by atoms with Gasteiger partial charge in [-0.2, -0.15) is 0 Å². The van der Waals surface area contributed by atoms with Crippen molar-refractivity contribution in [3.63, 3.8) is 0 Å². The molecule has 7 aromatic carbocycles. The second-order valence-corrected chi connectivity index (χ2v) is 10.1. The third-order valence-corrected chi connectivity index (χ3v) is 8.13. The number of hydrogen-bond acceptors (Lipinski definition) is 0. The van der Waals surface area contributed by atoms with E-state index in [1.54, 1.807) is 0 Å². The van der Waals surface area contributed by atoms with Gasteiger partial charge in [-0.05, 0) is 77.3 Å². The highest BCUT2D eigenvalue weighted by molar-refractivity contribution is 6.25. The van der Waals surface area contributed by atoms with E-state index in [0.29, 0.717) is 0 Å². The quantitative estimate of drug-likeness (QED) is 0.221. The molecule has 1 aliphatic carbocycles.